The molecule has 2 rings (SSSR count). The van der Waals surface area contributed by atoms with Crippen molar-refractivity contribution >= 4 is 6.08 Å². The van der Waals surface area contributed by atoms with Gasteiger partial charge in [-0.05, 0) is 13.5 Å². The van der Waals surface area contributed by atoms with Crippen LogP contribution in [0.15, 0.2) is 23.9 Å². The van der Waals surface area contributed by atoms with E-state index in [1.165, 1.54) is 0 Å². The Kier molecular flexibility index (Phi) is 2.73. The number of H-pyrrole nitrogens is 1. The van der Waals surface area contributed by atoms with E-state index in [1.54, 1.807) is 6.20 Å². The van der Waals surface area contributed by atoms with Crippen molar-refractivity contribution in [1.29, 1.82) is 0 Å². The molecule has 0 bridgehead atoms. The highest BCUT2D eigenvalue weighted by atomic mass is 15.1. The minimum atomic E-state index is 0.650. The lowest BCUT2D eigenvalue weighted by molar-refractivity contribution is 0.864. The summed E-state index contributed by atoms with van der Waals surface area (Å²) in [5, 5.41) is 6.37. The Morgan fingerprint density at radius 1 is 1.53 bits per heavy atom. The maximum atomic E-state index is 5.47. The molecular formula is C10H15N5. The predicted molar refractivity (Wildman–Crippen MR) is 59.3 cm³/mol. The molecule has 1 aliphatic heterocycles. The zero-order chi connectivity index (χ0) is 10.7. The first-order chi connectivity index (χ1) is 7.28. The van der Waals surface area contributed by atoms with Crippen molar-refractivity contribution in [3.05, 3.63) is 35.4 Å². The Labute approximate surface area is 88.5 Å². The van der Waals surface area contributed by atoms with Crippen LogP contribution in [0.25, 0.3) is 6.08 Å². The molecular weight excluding hydrogens is 190 g/mol. The molecule has 5 N–H and O–H groups in total. The van der Waals surface area contributed by atoms with Crippen LogP contribution < -0.4 is 16.4 Å². The molecule has 1 aromatic heterocycles. The number of aryl methyl sites for hydroxylation is 1. The first kappa shape index (κ1) is 9.79. The van der Waals surface area contributed by atoms with Gasteiger partial charge in [-0.3, -0.25) is 0 Å². The SMILES string of the molecule is Cc1ncc(/C=C2/NC=C(CCN)N2)[nH]1. The van der Waals surface area contributed by atoms with Crippen molar-refractivity contribution < 1.29 is 0 Å². The van der Waals surface area contributed by atoms with Gasteiger partial charge in [-0.1, -0.05) is 0 Å². The van der Waals surface area contributed by atoms with E-state index in [0.717, 1.165) is 29.5 Å². The summed E-state index contributed by atoms with van der Waals surface area (Å²) >= 11 is 0. The summed E-state index contributed by atoms with van der Waals surface area (Å²) in [5.41, 5.74) is 7.55. The number of nitrogens with two attached hydrogens (primary N) is 1. The standard InChI is InChI=1S/C10H15N5/c1-7-12-6-9(14-7)4-10-13-5-8(15-10)2-3-11/h4-6,13,15H,2-3,11H2,1H3,(H,12,14)/b10-4-. The molecule has 0 unspecified atom stereocenters. The number of hydrogen-bond acceptors (Lipinski definition) is 4. The van der Waals surface area contributed by atoms with E-state index in [9.17, 15) is 0 Å². The maximum Gasteiger partial charge on any atom is 0.109 e. The summed E-state index contributed by atoms with van der Waals surface area (Å²) in [5.74, 6) is 1.86. The fourth-order valence-corrected chi connectivity index (χ4v) is 1.45. The van der Waals surface area contributed by atoms with Crippen LogP contribution in [0.3, 0.4) is 0 Å². The second-order valence-corrected chi connectivity index (χ2v) is 3.46. The second-order valence-electron chi connectivity index (χ2n) is 3.46. The molecule has 0 atom stereocenters. The summed E-state index contributed by atoms with van der Waals surface area (Å²) in [6.45, 7) is 2.58. The molecule has 0 amide bonds. The molecule has 0 saturated heterocycles. The van der Waals surface area contributed by atoms with Gasteiger partial charge >= 0.3 is 0 Å². The van der Waals surface area contributed by atoms with E-state index in [2.05, 4.69) is 20.6 Å². The van der Waals surface area contributed by atoms with Crippen LogP contribution in [0.2, 0.25) is 0 Å². The number of aromatic nitrogens is 2. The number of hydrogen-bond donors (Lipinski definition) is 4. The monoisotopic (exact) mass is 205 g/mol. The smallest absolute Gasteiger partial charge is 0.109 e. The molecule has 5 nitrogen and oxygen atoms in total. The molecule has 1 aromatic rings. The molecule has 2 heterocycles. The summed E-state index contributed by atoms with van der Waals surface area (Å²) in [6.07, 6.45) is 6.56. The molecule has 15 heavy (non-hydrogen) atoms. The van der Waals surface area contributed by atoms with Crippen LogP contribution in [0.4, 0.5) is 0 Å². The third kappa shape index (κ3) is 2.38. The van der Waals surface area contributed by atoms with E-state index >= 15 is 0 Å². The number of rotatable bonds is 3. The van der Waals surface area contributed by atoms with Gasteiger partial charge < -0.3 is 21.4 Å². The first-order valence-electron chi connectivity index (χ1n) is 4.94. The van der Waals surface area contributed by atoms with Gasteiger partial charge in [-0.25, -0.2) is 4.98 Å². The molecule has 1 aliphatic rings. The predicted octanol–water partition coefficient (Wildman–Crippen LogP) is 0.400. The van der Waals surface area contributed by atoms with Crippen LogP contribution in [-0.2, 0) is 0 Å². The molecule has 0 aliphatic carbocycles. The van der Waals surface area contributed by atoms with Crippen molar-refractivity contribution in [3.8, 4) is 0 Å². The molecule has 0 spiro atoms. The Balaban J connectivity index is 2.00. The normalized spacial score (nSPS) is 17.5. The summed E-state index contributed by atoms with van der Waals surface area (Å²) in [6, 6.07) is 0. The maximum absolute atomic E-state index is 5.47. The zero-order valence-corrected chi connectivity index (χ0v) is 8.67. The van der Waals surface area contributed by atoms with Gasteiger partial charge in [0.05, 0.1) is 11.9 Å². The van der Waals surface area contributed by atoms with E-state index in [-0.39, 0.29) is 0 Å². The number of nitrogens with zero attached hydrogens (tertiary/aromatic N) is 1. The minimum absolute atomic E-state index is 0.650. The average Bonchev–Trinajstić information content (AvgIpc) is 2.78. The van der Waals surface area contributed by atoms with Crippen LogP contribution in [0.1, 0.15) is 17.9 Å². The topological polar surface area (TPSA) is 78.8 Å². The quantitative estimate of drug-likeness (QED) is 0.576. The lowest BCUT2D eigenvalue weighted by Gasteiger charge is -2.02. The van der Waals surface area contributed by atoms with Gasteiger partial charge in [0.2, 0.25) is 0 Å². The lowest BCUT2D eigenvalue weighted by Crippen LogP contribution is -2.14. The van der Waals surface area contributed by atoms with Crippen molar-refractivity contribution in [3.63, 3.8) is 0 Å². The summed E-state index contributed by atoms with van der Waals surface area (Å²) in [7, 11) is 0. The highest BCUT2D eigenvalue weighted by Gasteiger charge is 2.07. The molecule has 0 radical (unpaired) electrons. The highest BCUT2D eigenvalue weighted by Crippen LogP contribution is 2.08. The average molecular weight is 205 g/mol. The Morgan fingerprint density at radius 2 is 2.40 bits per heavy atom. The van der Waals surface area contributed by atoms with Gasteiger partial charge in [0.15, 0.2) is 0 Å². The van der Waals surface area contributed by atoms with Crippen molar-refractivity contribution in [2.75, 3.05) is 6.54 Å². The first-order valence-corrected chi connectivity index (χ1v) is 4.94. The van der Waals surface area contributed by atoms with Crippen molar-refractivity contribution in [2.45, 2.75) is 13.3 Å². The van der Waals surface area contributed by atoms with E-state index in [4.69, 9.17) is 5.73 Å². The zero-order valence-electron chi connectivity index (χ0n) is 8.67. The van der Waals surface area contributed by atoms with Gasteiger partial charge in [0.25, 0.3) is 0 Å². The van der Waals surface area contributed by atoms with Gasteiger partial charge in [-0.15, -0.1) is 0 Å². The largest absolute Gasteiger partial charge is 0.346 e. The van der Waals surface area contributed by atoms with Crippen LogP contribution in [0.5, 0.6) is 0 Å². The summed E-state index contributed by atoms with van der Waals surface area (Å²) in [4.78, 5) is 7.26. The fourth-order valence-electron chi connectivity index (χ4n) is 1.45. The highest BCUT2D eigenvalue weighted by molar-refractivity contribution is 5.49. The Bertz CT molecular complexity index is 402. The number of imidazole rings is 1. The van der Waals surface area contributed by atoms with Crippen molar-refractivity contribution in [2.24, 2.45) is 5.73 Å². The number of aromatic amines is 1. The Hall–Kier alpha value is -1.75. The molecule has 0 fully saturated rings. The van der Waals surface area contributed by atoms with E-state index < -0.39 is 0 Å². The lowest BCUT2D eigenvalue weighted by atomic mass is 10.3. The van der Waals surface area contributed by atoms with Crippen LogP contribution in [0, 0.1) is 6.92 Å². The van der Waals surface area contributed by atoms with Gasteiger partial charge in [0.1, 0.15) is 11.6 Å². The molecule has 0 saturated carbocycles. The fraction of sp³-hybridized carbons (Fsp3) is 0.300. The van der Waals surface area contributed by atoms with Crippen molar-refractivity contribution in [1.82, 2.24) is 20.6 Å². The van der Waals surface area contributed by atoms with Crippen LogP contribution in [-0.4, -0.2) is 16.5 Å². The second kappa shape index (κ2) is 4.18. The molecule has 5 heteroatoms. The summed E-state index contributed by atoms with van der Waals surface area (Å²) < 4.78 is 0. The van der Waals surface area contributed by atoms with Gasteiger partial charge in [-0.2, -0.15) is 0 Å². The minimum Gasteiger partial charge on any atom is -0.346 e. The third-order valence-corrected chi connectivity index (χ3v) is 2.13. The van der Waals surface area contributed by atoms with E-state index in [0.29, 0.717) is 6.54 Å². The third-order valence-electron chi connectivity index (χ3n) is 2.13. The van der Waals surface area contributed by atoms with E-state index in [1.807, 2.05) is 19.2 Å². The molecule has 80 valence electrons. The van der Waals surface area contributed by atoms with Gasteiger partial charge in [0, 0.05) is 24.4 Å². The molecule has 0 aromatic carbocycles. The van der Waals surface area contributed by atoms with Crippen LogP contribution >= 0.6 is 0 Å². The Morgan fingerprint density at radius 3 is 3.07 bits per heavy atom. The number of nitrogens with one attached hydrogen (secondary N) is 3.